The van der Waals surface area contributed by atoms with Crippen molar-refractivity contribution in [3.63, 3.8) is 0 Å². The Morgan fingerprint density at radius 1 is 1.00 bits per heavy atom. The zero-order valence-electron chi connectivity index (χ0n) is 13.8. The third-order valence-corrected chi connectivity index (χ3v) is 4.38. The number of rotatable bonds is 3. The van der Waals surface area contributed by atoms with Crippen LogP contribution in [0.15, 0.2) is 78.0 Å². The lowest BCUT2D eigenvalue weighted by Crippen LogP contribution is -2.41. The van der Waals surface area contributed by atoms with Crippen molar-refractivity contribution >= 4 is 11.5 Å². The van der Waals surface area contributed by atoms with Gasteiger partial charge < -0.3 is 15.8 Å². The molecule has 0 spiro atoms. The van der Waals surface area contributed by atoms with Crippen LogP contribution in [-0.4, -0.2) is 17.9 Å². The number of nitrogens with zero attached hydrogens (tertiary/aromatic N) is 2. The second kappa shape index (κ2) is 5.94. The Balaban J connectivity index is 1.97. The Hall–Kier alpha value is -3.34. The molecule has 0 aliphatic carbocycles. The molecule has 1 unspecified atom stereocenters. The summed E-state index contributed by atoms with van der Waals surface area (Å²) >= 11 is 0. The molecule has 25 heavy (non-hydrogen) atoms. The average Bonchev–Trinajstić information content (AvgIpc) is 2.68. The summed E-state index contributed by atoms with van der Waals surface area (Å²) in [6.07, 6.45) is 3.47. The predicted molar refractivity (Wildman–Crippen MR) is 98.8 cm³/mol. The molecule has 0 saturated carbocycles. The van der Waals surface area contributed by atoms with E-state index in [-0.39, 0.29) is 0 Å². The number of benzene rings is 2. The van der Waals surface area contributed by atoms with Crippen molar-refractivity contribution < 1.29 is 4.74 Å². The zero-order valence-corrected chi connectivity index (χ0v) is 13.8. The molecular formula is C20H18N4O. The van der Waals surface area contributed by atoms with Gasteiger partial charge in [-0.1, -0.05) is 42.5 Å². The molecule has 3 N–H and O–H groups in total. The van der Waals surface area contributed by atoms with Gasteiger partial charge >= 0.3 is 0 Å². The third-order valence-electron chi connectivity index (χ3n) is 4.38. The van der Waals surface area contributed by atoms with Crippen LogP contribution in [0, 0.1) is 0 Å². The van der Waals surface area contributed by atoms with Gasteiger partial charge in [0, 0.05) is 23.5 Å². The summed E-state index contributed by atoms with van der Waals surface area (Å²) in [6.45, 7) is 0. The molecule has 1 atom stereocenters. The Labute approximate surface area is 146 Å². The van der Waals surface area contributed by atoms with Crippen LogP contribution >= 0.6 is 0 Å². The summed E-state index contributed by atoms with van der Waals surface area (Å²) in [7, 11) is 1.65. The van der Waals surface area contributed by atoms with Crippen LogP contribution in [0.2, 0.25) is 0 Å². The smallest absolute Gasteiger partial charge is 0.184 e. The van der Waals surface area contributed by atoms with E-state index in [1.165, 1.54) is 0 Å². The predicted octanol–water partition coefficient (Wildman–Crippen LogP) is 3.12. The Kier molecular flexibility index (Phi) is 3.61. The normalized spacial score (nSPS) is 18.7. The minimum absolute atomic E-state index is 0.452. The molecule has 4 rings (SSSR count). The number of hydrogen-bond acceptors (Lipinski definition) is 5. The summed E-state index contributed by atoms with van der Waals surface area (Å²) in [6, 6.07) is 19.8. The number of amidine groups is 1. The van der Waals surface area contributed by atoms with E-state index in [9.17, 15) is 0 Å². The summed E-state index contributed by atoms with van der Waals surface area (Å²) in [5.41, 5.74) is 9.12. The van der Waals surface area contributed by atoms with Crippen LogP contribution in [-0.2, 0) is 5.66 Å². The molecule has 1 aromatic heterocycles. The Morgan fingerprint density at radius 3 is 2.60 bits per heavy atom. The van der Waals surface area contributed by atoms with E-state index < -0.39 is 5.66 Å². The average molecular weight is 330 g/mol. The van der Waals surface area contributed by atoms with Gasteiger partial charge in [-0.25, -0.2) is 4.99 Å². The van der Waals surface area contributed by atoms with Gasteiger partial charge in [-0.2, -0.15) is 0 Å². The van der Waals surface area contributed by atoms with E-state index in [0.717, 1.165) is 28.1 Å². The number of aromatic nitrogens is 1. The van der Waals surface area contributed by atoms with Gasteiger partial charge in [0.25, 0.3) is 0 Å². The van der Waals surface area contributed by atoms with Gasteiger partial charge in [-0.15, -0.1) is 0 Å². The summed E-state index contributed by atoms with van der Waals surface area (Å²) in [5, 5.41) is 3.56. The van der Waals surface area contributed by atoms with E-state index >= 15 is 0 Å². The van der Waals surface area contributed by atoms with Crippen molar-refractivity contribution in [2.24, 2.45) is 10.7 Å². The highest BCUT2D eigenvalue weighted by Gasteiger charge is 2.38. The van der Waals surface area contributed by atoms with Gasteiger partial charge in [0.05, 0.1) is 18.4 Å². The van der Waals surface area contributed by atoms with Crippen LogP contribution in [0.5, 0.6) is 5.75 Å². The number of nitrogens with two attached hydrogens (primary N) is 1. The SMILES string of the molecule is COc1cccc(C2(c3ccccc3)N=C(N)c3cnccc3N2)c1. The number of nitrogens with one attached hydrogen (secondary N) is 1. The maximum Gasteiger partial charge on any atom is 0.184 e. The maximum atomic E-state index is 6.31. The van der Waals surface area contributed by atoms with Crippen molar-refractivity contribution in [2.45, 2.75) is 5.66 Å². The van der Waals surface area contributed by atoms with Crippen LogP contribution in [0.25, 0.3) is 0 Å². The first-order chi connectivity index (χ1) is 12.2. The molecule has 0 amide bonds. The van der Waals surface area contributed by atoms with E-state index in [4.69, 9.17) is 15.5 Å². The fraction of sp³-hybridized carbons (Fsp3) is 0.100. The van der Waals surface area contributed by atoms with Gasteiger partial charge in [-0.3, -0.25) is 4.98 Å². The standard InChI is InChI=1S/C20H18N4O/c1-25-16-9-5-8-15(12-16)20(14-6-3-2-4-7-14)23-18-10-11-22-13-17(18)19(21)24-20/h2-13,23H,1H3,(H2,21,24). The lowest BCUT2D eigenvalue weighted by Gasteiger charge is -2.37. The number of anilines is 1. The highest BCUT2D eigenvalue weighted by Crippen LogP contribution is 2.40. The highest BCUT2D eigenvalue weighted by molar-refractivity contribution is 6.04. The van der Waals surface area contributed by atoms with E-state index in [2.05, 4.69) is 10.3 Å². The number of hydrogen-bond donors (Lipinski definition) is 2. The second-order valence-electron chi connectivity index (χ2n) is 5.85. The van der Waals surface area contributed by atoms with Crippen molar-refractivity contribution in [3.8, 4) is 5.75 Å². The van der Waals surface area contributed by atoms with Gasteiger partial charge in [0.2, 0.25) is 0 Å². The van der Waals surface area contributed by atoms with Crippen LogP contribution in [0.1, 0.15) is 16.7 Å². The summed E-state index contributed by atoms with van der Waals surface area (Å²) in [5.74, 6) is 1.22. The van der Waals surface area contributed by atoms with Gasteiger partial charge in [0.15, 0.2) is 5.66 Å². The zero-order chi connectivity index (χ0) is 17.3. The maximum absolute atomic E-state index is 6.31. The Morgan fingerprint density at radius 2 is 1.80 bits per heavy atom. The lowest BCUT2D eigenvalue weighted by molar-refractivity contribution is 0.413. The van der Waals surface area contributed by atoms with E-state index in [1.807, 2.05) is 60.7 Å². The van der Waals surface area contributed by atoms with Crippen molar-refractivity contribution in [3.05, 3.63) is 89.7 Å². The topological polar surface area (TPSA) is 72.5 Å². The number of fused-ring (bicyclic) bond motifs is 1. The fourth-order valence-electron chi connectivity index (χ4n) is 3.14. The Bertz CT molecular complexity index is 939. The highest BCUT2D eigenvalue weighted by atomic mass is 16.5. The molecule has 0 bridgehead atoms. The summed E-state index contributed by atoms with van der Waals surface area (Å²) < 4.78 is 5.41. The number of methoxy groups -OCH3 is 1. The molecule has 0 saturated heterocycles. The van der Waals surface area contributed by atoms with E-state index in [1.54, 1.807) is 19.5 Å². The molecule has 1 aliphatic heterocycles. The molecule has 3 aromatic rings. The monoisotopic (exact) mass is 330 g/mol. The van der Waals surface area contributed by atoms with Gasteiger partial charge in [-0.05, 0) is 18.2 Å². The third kappa shape index (κ3) is 2.50. The molecule has 124 valence electrons. The molecule has 0 radical (unpaired) electrons. The molecule has 5 nitrogen and oxygen atoms in total. The number of ether oxygens (including phenoxy) is 1. The molecule has 5 heteroatoms. The molecule has 0 fully saturated rings. The first kappa shape index (κ1) is 15.2. The lowest BCUT2D eigenvalue weighted by atomic mass is 9.89. The van der Waals surface area contributed by atoms with Crippen LogP contribution in [0.3, 0.4) is 0 Å². The van der Waals surface area contributed by atoms with Crippen molar-refractivity contribution in [2.75, 3.05) is 12.4 Å². The van der Waals surface area contributed by atoms with Crippen molar-refractivity contribution in [1.29, 1.82) is 0 Å². The van der Waals surface area contributed by atoms with Crippen LogP contribution in [0.4, 0.5) is 5.69 Å². The minimum atomic E-state index is -0.825. The molecule has 2 heterocycles. The minimum Gasteiger partial charge on any atom is -0.497 e. The molecular weight excluding hydrogens is 312 g/mol. The van der Waals surface area contributed by atoms with Crippen LogP contribution < -0.4 is 15.8 Å². The summed E-state index contributed by atoms with van der Waals surface area (Å²) in [4.78, 5) is 9.01. The van der Waals surface area contributed by atoms with E-state index in [0.29, 0.717) is 5.84 Å². The number of pyridine rings is 1. The van der Waals surface area contributed by atoms with Gasteiger partial charge in [0.1, 0.15) is 11.6 Å². The second-order valence-corrected chi connectivity index (χ2v) is 5.85. The largest absolute Gasteiger partial charge is 0.497 e. The number of aliphatic imine (C=N–C) groups is 1. The fourth-order valence-corrected chi connectivity index (χ4v) is 3.14. The molecule has 2 aromatic carbocycles. The molecule has 1 aliphatic rings. The van der Waals surface area contributed by atoms with Crippen molar-refractivity contribution in [1.82, 2.24) is 4.98 Å². The first-order valence-corrected chi connectivity index (χ1v) is 8.01. The quantitative estimate of drug-likeness (QED) is 0.774. The first-order valence-electron chi connectivity index (χ1n) is 8.01.